The number of nitrogens with two attached hydrogens (primary N) is 1. The number of hydrogen-bond donors (Lipinski definition) is 2. The maximum atomic E-state index is 10.6. The third-order valence-electron chi connectivity index (χ3n) is 5.36. The van der Waals surface area contributed by atoms with Crippen LogP contribution in [0.25, 0.3) is 0 Å². The summed E-state index contributed by atoms with van der Waals surface area (Å²) in [6.45, 7) is 6.24. The van der Waals surface area contributed by atoms with Gasteiger partial charge < -0.3 is 20.5 Å². The van der Waals surface area contributed by atoms with E-state index < -0.39 is 5.60 Å². The molecular formula is C16H32N2O2. The lowest BCUT2D eigenvalue weighted by Gasteiger charge is -2.43. The summed E-state index contributed by atoms with van der Waals surface area (Å²) in [5, 5.41) is 10.6. The fourth-order valence-corrected chi connectivity index (χ4v) is 3.84. The molecular weight excluding hydrogens is 252 g/mol. The van der Waals surface area contributed by atoms with Gasteiger partial charge in [-0.25, -0.2) is 0 Å². The van der Waals surface area contributed by atoms with Crippen molar-refractivity contribution >= 4 is 0 Å². The number of nitrogens with zero attached hydrogens (tertiary/aromatic N) is 1. The number of rotatable bonds is 5. The Morgan fingerprint density at radius 2 is 1.75 bits per heavy atom. The highest BCUT2D eigenvalue weighted by molar-refractivity contribution is 4.90. The molecule has 1 aliphatic carbocycles. The predicted octanol–water partition coefficient (Wildman–Crippen LogP) is 1.61. The summed E-state index contributed by atoms with van der Waals surface area (Å²) in [4.78, 5) is 2.30. The summed E-state index contributed by atoms with van der Waals surface area (Å²) < 4.78 is 5.35. The van der Waals surface area contributed by atoms with Crippen LogP contribution in [0.2, 0.25) is 0 Å². The minimum atomic E-state index is -0.565. The average Bonchev–Trinajstić information content (AvgIpc) is 2.42. The second kappa shape index (κ2) is 6.73. The topological polar surface area (TPSA) is 58.7 Å². The quantitative estimate of drug-likeness (QED) is 0.805. The molecule has 2 rings (SSSR count). The van der Waals surface area contributed by atoms with Crippen LogP contribution in [0.4, 0.5) is 0 Å². The predicted molar refractivity (Wildman–Crippen MR) is 81.6 cm³/mol. The van der Waals surface area contributed by atoms with Crippen LogP contribution in [-0.4, -0.2) is 55.5 Å². The molecule has 0 unspecified atom stereocenters. The van der Waals surface area contributed by atoms with Crippen molar-refractivity contribution < 1.29 is 9.84 Å². The van der Waals surface area contributed by atoms with Crippen molar-refractivity contribution in [2.75, 3.05) is 39.9 Å². The SMILES string of the molecule is CC1CCC(CN)(CN(C)CC2(O)CCOCC2)CC1. The van der Waals surface area contributed by atoms with Gasteiger partial charge in [0.15, 0.2) is 0 Å². The summed E-state index contributed by atoms with van der Waals surface area (Å²) >= 11 is 0. The number of aliphatic hydroxyl groups is 1. The molecule has 1 saturated carbocycles. The summed E-state index contributed by atoms with van der Waals surface area (Å²) in [6.07, 6.45) is 6.56. The van der Waals surface area contributed by atoms with Gasteiger partial charge in [-0.05, 0) is 37.8 Å². The summed E-state index contributed by atoms with van der Waals surface area (Å²) in [7, 11) is 2.13. The Balaban J connectivity index is 1.87. The van der Waals surface area contributed by atoms with E-state index >= 15 is 0 Å². The van der Waals surface area contributed by atoms with Gasteiger partial charge in [0.25, 0.3) is 0 Å². The van der Waals surface area contributed by atoms with Gasteiger partial charge in [0.2, 0.25) is 0 Å². The third-order valence-corrected chi connectivity index (χ3v) is 5.36. The van der Waals surface area contributed by atoms with Crippen LogP contribution in [0.1, 0.15) is 45.4 Å². The lowest BCUT2D eigenvalue weighted by Crippen LogP contribution is -2.50. The van der Waals surface area contributed by atoms with Crippen LogP contribution in [0.3, 0.4) is 0 Å². The van der Waals surface area contributed by atoms with E-state index in [1.807, 2.05) is 0 Å². The first-order valence-electron chi connectivity index (χ1n) is 8.16. The number of hydrogen-bond acceptors (Lipinski definition) is 4. The minimum absolute atomic E-state index is 0.267. The second-order valence-electron chi connectivity index (χ2n) is 7.40. The molecule has 1 saturated heterocycles. The van der Waals surface area contributed by atoms with E-state index in [-0.39, 0.29) is 5.41 Å². The Bertz CT molecular complexity index is 295. The molecule has 3 N–H and O–H groups in total. The molecule has 4 heteroatoms. The van der Waals surface area contributed by atoms with Gasteiger partial charge in [-0.3, -0.25) is 0 Å². The Morgan fingerprint density at radius 3 is 2.30 bits per heavy atom. The van der Waals surface area contributed by atoms with E-state index in [0.29, 0.717) is 13.2 Å². The molecule has 20 heavy (non-hydrogen) atoms. The molecule has 0 amide bonds. The Hall–Kier alpha value is -0.160. The zero-order valence-electron chi connectivity index (χ0n) is 13.2. The van der Waals surface area contributed by atoms with Gasteiger partial charge in [0.1, 0.15) is 0 Å². The second-order valence-corrected chi connectivity index (χ2v) is 7.40. The monoisotopic (exact) mass is 284 g/mol. The van der Waals surface area contributed by atoms with Crippen LogP contribution < -0.4 is 5.73 Å². The standard InChI is InChI=1S/C16H32N2O2/c1-14-3-5-15(11-17,6-4-14)12-18(2)13-16(19)7-9-20-10-8-16/h14,19H,3-13,17H2,1-2H3. The lowest BCUT2D eigenvalue weighted by molar-refractivity contribution is -0.0814. The Morgan fingerprint density at radius 1 is 1.15 bits per heavy atom. The maximum absolute atomic E-state index is 10.6. The summed E-state index contributed by atoms with van der Waals surface area (Å²) in [5.41, 5.74) is 5.79. The fraction of sp³-hybridized carbons (Fsp3) is 1.00. The van der Waals surface area contributed by atoms with Crippen LogP contribution in [0, 0.1) is 11.3 Å². The van der Waals surface area contributed by atoms with Gasteiger partial charge in [0.05, 0.1) is 5.60 Å². The molecule has 1 aliphatic heterocycles. The van der Waals surface area contributed by atoms with E-state index in [4.69, 9.17) is 10.5 Å². The van der Waals surface area contributed by atoms with Gasteiger partial charge in [-0.1, -0.05) is 19.8 Å². The van der Waals surface area contributed by atoms with Crippen molar-refractivity contribution in [1.29, 1.82) is 0 Å². The van der Waals surface area contributed by atoms with Crippen LogP contribution in [0.5, 0.6) is 0 Å². The van der Waals surface area contributed by atoms with Crippen molar-refractivity contribution in [3.63, 3.8) is 0 Å². The van der Waals surface area contributed by atoms with Crippen molar-refractivity contribution in [3.8, 4) is 0 Å². The summed E-state index contributed by atoms with van der Waals surface area (Å²) in [6, 6.07) is 0. The molecule has 2 fully saturated rings. The van der Waals surface area contributed by atoms with E-state index in [0.717, 1.165) is 38.4 Å². The van der Waals surface area contributed by atoms with Crippen molar-refractivity contribution in [3.05, 3.63) is 0 Å². The smallest absolute Gasteiger partial charge is 0.0817 e. The fourth-order valence-electron chi connectivity index (χ4n) is 3.84. The van der Waals surface area contributed by atoms with E-state index in [9.17, 15) is 5.11 Å². The molecule has 0 aromatic carbocycles. The Labute approximate surface area is 123 Å². The van der Waals surface area contributed by atoms with E-state index in [1.54, 1.807) is 0 Å². The molecule has 4 nitrogen and oxygen atoms in total. The minimum Gasteiger partial charge on any atom is -0.388 e. The highest BCUT2D eigenvalue weighted by atomic mass is 16.5. The lowest BCUT2D eigenvalue weighted by atomic mass is 9.70. The van der Waals surface area contributed by atoms with Crippen LogP contribution in [-0.2, 0) is 4.74 Å². The van der Waals surface area contributed by atoms with Crippen LogP contribution in [0.15, 0.2) is 0 Å². The zero-order chi connectivity index (χ0) is 14.6. The van der Waals surface area contributed by atoms with Gasteiger partial charge in [0, 0.05) is 39.1 Å². The number of ether oxygens (including phenoxy) is 1. The molecule has 0 bridgehead atoms. The highest BCUT2D eigenvalue weighted by Crippen LogP contribution is 2.39. The van der Waals surface area contributed by atoms with Crippen LogP contribution >= 0.6 is 0 Å². The molecule has 2 aliphatic rings. The largest absolute Gasteiger partial charge is 0.388 e. The first-order valence-corrected chi connectivity index (χ1v) is 8.16. The highest BCUT2D eigenvalue weighted by Gasteiger charge is 2.37. The third kappa shape index (κ3) is 4.17. The molecule has 0 radical (unpaired) electrons. The molecule has 0 aromatic heterocycles. The van der Waals surface area contributed by atoms with Crippen molar-refractivity contribution in [2.24, 2.45) is 17.1 Å². The molecule has 0 aromatic rings. The summed E-state index contributed by atoms with van der Waals surface area (Å²) in [5.74, 6) is 0.847. The maximum Gasteiger partial charge on any atom is 0.0817 e. The first-order chi connectivity index (χ1) is 9.47. The molecule has 118 valence electrons. The van der Waals surface area contributed by atoms with Crippen molar-refractivity contribution in [2.45, 2.75) is 51.0 Å². The number of likely N-dealkylation sites (N-methyl/N-ethyl adjacent to an activating group) is 1. The first kappa shape index (κ1) is 16.2. The van der Waals surface area contributed by atoms with Gasteiger partial charge >= 0.3 is 0 Å². The van der Waals surface area contributed by atoms with Gasteiger partial charge in [-0.15, -0.1) is 0 Å². The van der Waals surface area contributed by atoms with E-state index in [1.165, 1.54) is 25.7 Å². The van der Waals surface area contributed by atoms with Crippen molar-refractivity contribution in [1.82, 2.24) is 4.90 Å². The zero-order valence-corrected chi connectivity index (χ0v) is 13.2. The molecule has 0 atom stereocenters. The van der Waals surface area contributed by atoms with Gasteiger partial charge in [-0.2, -0.15) is 0 Å². The molecule has 1 heterocycles. The van der Waals surface area contributed by atoms with E-state index in [2.05, 4.69) is 18.9 Å². The molecule has 0 spiro atoms. The average molecular weight is 284 g/mol. The normalized spacial score (nSPS) is 34.4. The Kier molecular flexibility index (Phi) is 5.46.